The smallest absolute Gasteiger partial charge is 0.355 e. The van der Waals surface area contributed by atoms with Crippen LogP contribution >= 0.6 is 15.9 Å². The Balaban J connectivity index is 1.62. The zero-order valence-corrected chi connectivity index (χ0v) is 17.8. The standard InChI is InChI=1S/C21H21BrN2O5/c1-12(13-4-6-15(22)7-5-13)23-19(25)11-29-21(26)17-9-14-8-16(27-2)10-18(28-3)20(14)24-17/h4-10,12,24H,11H2,1-3H3,(H,23,25). The summed E-state index contributed by atoms with van der Waals surface area (Å²) in [7, 11) is 3.08. The van der Waals surface area contributed by atoms with E-state index in [-0.39, 0.29) is 24.2 Å². The Hall–Kier alpha value is -3.00. The summed E-state index contributed by atoms with van der Waals surface area (Å²) in [5.74, 6) is 0.131. The van der Waals surface area contributed by atoms with Crippen LogP contribution in [0.2, 0.25) is 0 Å². The zero-order chi connectivity index (χ0) is 21.0. The van der Waals surface area contributed by atoms with Gasteiger partial charge in [0.05, 0.1) is 25.8 Å². The molecule has 1 atom stereocenters. The van der Waals surface area contributed by atoms with Gasteiger partial charge in [0.2, 0.25) is 0 Å². The second-order valence-corrected chi connectivity index (χ2v) is 7.31. The maximum absolute atomic E-state index is 12.4. The van der Waals surface area contributed by atoms with Crippen LogP contribution in [0.1, 0.15) is 29.0 Å². The maximum atomic E-state index is 12.4. The van der Waals surface area contributed by atoms with Gasteiger partial charge in [-0.05, 0) is 36.8 Å². The number of hydrogen-bond acceptors (Lipinski definition) is 5. The highest BCUT2D eigenvalue weighted by atomic mass is 79.9. The van der Waals surface area contributed by atoms with Crippen molar-refractivity contribution in [1.82, 2.24) is 10.3 Å². The normalized spacial score (nSPS) is 11.7. The summed E-state index contributed by atoms with van der Waals surface area (Å²) in [6.07, 6.45) is 0. The molecule has 0 fully saturated rings. The number of fused-ring (bicyclic) bond motifs is 1. The SMILES string of the molecule is COc1cc(OC)c2[nH]c(C(=O)OCC(=O)NC(C)c3ccc(Br)cc3)cc2c1. The van der Waals surface area contributed by atoms with Gasteiger partial charge in [-0.3, -0.25) is 4.79 Å². The molecular weight excluding hydrogens is 440 g/mol. The first-order chi connectivity index (χ1) is 13.9. The van der Waals surface area contributed by atoms with Crippen LogP contribution in [-0.2, 0) is 9.53 Å². The van der Waals surface area contributed by atoms with Gasteiger partial charge in [0.15, 0.2) is 6.61 Å². The Bertz CT molecular complexity index is 1030. The van der Waals surface area contributed by atoms with Gasteiger partial charge in [0.1, 0.15) is 17.2 Å². The predicted molar refractivity (Wildman–Crippen MR) is 112 cm³/mol. The van der Waals surface area contributed by atoms with Gasteiger partial charge >= 0.3 is 5.97 Å². The number of carbonyl (C=O) groups excluding carboxylic acids is 2. The highest BCUT2D eigenvalue weighted by Gasteiger charge is 2.17. The molecule has 0 bridgehead atoms. The fourth-order valence-electron chi connectivity index (χ4n) is 2.90. The van der Waals surface area contributed by atoms with E-state index >= 15 is 0 Å². The van der Waals surface area contributed by atoms with Gasteiger partial charge in [-0.25, -0.2) is 4.79 Å². The number of halogens is 1. The van der Waals surface area contributed by atoms with Crippen molar-refractivity contribution in [2.45, 2.75) is 13.0 Å². The number of aromatic nitrogens is 1. The van der Waals surface area contributed by atoms with Gasteiger partial charge < -0.3 is 24.5 Å². The topological polar surface area (TPSA) is 89.7 Å². The molecule has 0 saturated carbocycles. The van der Waals surface area contributed by atoms with Crippen LogP contribution < -0.4 is 14.8 Å². The van der Waals surface area contributed by atoms with Crippen molar-refractivity contribution in [3.8, 4) is 11.5 Å². The lowest BCUT2D eigenvalue weighted by Gasteiger charge is -2.14. The molecule has 8 heteroatoms. The number of methoxy groups -OCH3 is 2. The van der Waals surface area contributed by atoms with Gasteiger partial charge in [-0.15, -0.1) is 0 Å². The Kier molecular flexibility index (Phi) is 6.43. The molecular formula is C21H21BrN2O5. The number of hydrogen-bond donors (Lipinski definition) is 2. The lowest BCUT2D eigenvalue weighted by Crippen LogP contribution is -2.31. The number of benzene rings is 2. The highest BCUT2D eigenvalue weighted by Crippen LogP contribution is 2.31. The number of aromatic amines is 1. The number of carbonyl (C=O) groups is 2. The van der Waals surface area contributed by atoms with E-state index in [0.717, 1.165) is 15.4 Å². The molecule has 3 aromatic rings. The maximum Gasteiger partial charge on any atom is 0.355 e. The Morgan fingerprint density at radius 1 is 1.10 bits per heavy atom. The molecule has 1 amide bonds. The van der Waals surface area contributed by atoms with Crippen LogP contribution in [0.3, 0.4) is 0 Å². The lowest BCUT2D eigenvalue weighted by atomic mass is 10.1. The minimum absolute atomic E-state index is 0.209. The monoisotopic (exact) mass is 460 g/mol. The molecule has 0 saturated heterocycles. The largest absolute Gasteiger partial charge is 0.497 e. The van der Waals surface area contributed by atoms with E-state index in [1.807, 2.05) is 31.2 Å². The highest BCUT2D eigenvalue weighted by molar-refractivity contribution is 9.10. The van der Waals surface area contributed by atoms with Crippen LogP contribution in [-0.4, -0.2) is 37.7 Å². The molecule has 152 valence electrons. The number of nitrogens with one attached hydrogen (secondary N) is 2. The third-order valence-electron chi connectivity index (χ3n) is 4.42. The zero-order valence-electron chi connectivity index (χ0n) is 16.2. The molecule has 2 aromatic carbocycles. The van der Waals surface area contributed by atoms with Crippen LogP contribution in [0, 0.1) is 0 Å². The van der Waals surface area contributed by atoms with Gasteiger partial charge in [-0.1, -0.05) is 28.1 Å². The van der Waals surface area contributed by atoms with Crippen molar-refractivity contribution < 1.29 is 23.8 Å². The summed E-state index contributed by atoms with van der Waals surface area (Å²) in [6.45, 7) is 1.48. The number of H-pyrrole nitrogens is 1. The molecule has 0 radical (unpaired) electrons. The Labute approximate surface area is 176 Å². The lowest BCUT2D eigenvalue weighted by molar-refractivity contribution is -0.124. The number of rotatable bonds is 7. The first-order valence-corrected chi connectivity index (χ1v) is 9.67. The van der Waals surface area contributed by atoms with Crippen LogP contribution in [0.4, 0.5) is 0 Å². The molecule has 1 unspecified atom stereocenters. The molecule has 0 aliphatic heterocycles. The molecule has 7 nitrogen and oxygen atoms in total. The first kappa shape index (κ1) is 20.7. The number of esters is 1. The van der Waals surface area contributed by atoms with E-state index in [2.05, 4.69) is 26.2 Å². The number of amides is 1. The molecule has 0 aliphatic carbocycles. The van der Waals surface area contributed by atoms with Crippen molar-refractivity contribution in [3.05, 3.63) is 58.2 Å². The fourth-order valence-corrected chi connectivity index (χ4v) is 3.16. The minimum Gasteiger partial charge on any atom is -0.497 e. The Morgan fingerprint density at radius 2 is 1.83 bits per heavy atom. The van der Waals surface area contributed by atoms with E-state index < -0.39 is 5.97 Å². The van der Waals surface area contributed by atoms with Crippen LogP contribution in [0.5, 0.6) is 11.5 Å². The summed E-state index contributed by atoms with van der Waals surface area (Å²) >= 11 is 3.38. The summed E-state index contributed by atoms with van der Waals surface area (Å²) in [5, 5.41) is 3.54. The third kappa shape index (κ3) is 4.89. The van der Waals surface area contributed by atoms with E-state index in [4.69, 9.17) is 14.2 Å². The quantitative estimate of drug-likeness (QED) is 0.520. The summed E-state index contributed by atoms with van der Waals surface area (Å²) in [6, 6.07) is 12.5. The van der Waals surface area contributed by atoms with Crippen molar-refractivity contribution >= 4 is 38.7 Å². The summed E-state index contributed by atoms with van der Waals surface area (Å²) in [5.41, 5.74) is 1.82. The van der Waals surface area contributed by atoms with Crippen molar-refractivity contribution in [2.24, 2.45) is 0 Å². The molecule has 1 aromatic heterocycles. The van der Waals surface area contributed by atoms with Crippen LogP contribution in [0.25, 0.3) is 10.9 Å². The van der Waals surface area contributed by atoms with E-state index in [1.54, 1.807) is 25.3 Å². The van der Waals surface area contributed by atoms with Crippen molar-refractivity contribution in [2.75, 3.05) is 20.8 Å². The van der Waals surface area contributed by atoms with Crippen molar-refractivity contribution in [1.29, 1.82) is 0 Å². The number of ether oxygens (including phenoxy) is 3. The second-order valence-electron chi connectivity index (χ2n) is 6.39. The molecule has 0 spiro atoms. The van der Waals surface area contributed by atoms with Crippen LogP contribution in [0.15, 0.2) is 46.9 Å². The minimum atomic E-state index is -0.631. The molecule has 3 rings (SSSR count). The second kappa shape index (κ2) is 9.00. The van der Waals surface area contributed by atoms with E-state index in [0.29, 0.717) is 17.0 Å². The third-order valence-corrected chi connectivity index (χ3v) is 4.95. The van der Waals surface area contributed by atoms with Crippen molar-refractivity contribution in [3.63, 3.8) is 0 Å². The Morgan fingerprint density at radius 3 is 2.48 bits per heavy atom. The predicted octanol–water partition coefficient (Wildman–Crippen LogP) is 3.98. The van der Waals surface area contributed by atoms with Gasteiger partial charge in [0.25, 0.3) is 5.91 Å². The van der Waals surface area contributed by atoms with Gasteiger partial charge in [-0.2, -0.15) is 0 Å². The molecule has 29 heavy (non-hydrogen) atoms. The average Bonchev–Trinajstić information content (AvgIpc) is 3.15. The first-order valence-electron chi connectivity index (χ1n) is 8.88. The molecule has 2 N–H and O–H groups in total. The molecule has 0 aliphatic rings. The summed E-state index contributed by atoms with van der Waals surface area (Å²) < 4.78 is 16.7. The molecule has 1 heterocycles. The van der Waals surface area contributed by atoms with E-state index in [1.165, 1.54) is 7.11 Å². The fraction of sp³-hybridized carbons (Fsp3) is 0.238. The average molecular weight is 461 g/mol. The summed E-state index contributed by atoms with van der Waals surface area (Å²) in [4.78, 5) is 27.5. The van der Waals surface area contributed by atoms with E-state index in [9.17, 15) is 9.59 Å². The van der Waals surface area contributed by atoms with Gasteiger partial charge in [0, 0.05) is 15.9 Å².